The predicted molar refractivity (Wildman–Crippen MR) is 76.6 cm³/mol. The van der Waals surface area contributed by atoms with Crippen molar-refractivity contribution in [1.82, 2.24) is 5.32 Å². The van der Waals surface area contributed by atoms with Gasteiger partial charge < -0.3 is 4.90 Å². The lowest BCUT2D eigenvalue weighted by atomic mass is 10.0. The normalized spacial score (nSPS) is 13.9. The van der Waals surface area contributed by atoms with Gasteiger partial charge in [0.25, 0.3) is 0 Å². The highest BCUT2D eigenvalue weighted by Crippen LogP contribution is 2.18. The molecular formula is C15H22FN3. The molecule has 104 valence electrons. The molecule has 4 heteroatoms. The molecule has 0 aliphatic carbocycles. The van der Waals surface area contributed by atoms with Crippen molar-refractivity contribution in [3.05, 3.63) is 30.1 Å². The van der Waals surface area contributed by atoms with Gasteiger partial charge in [0.05, 0.1) is 6.07 Å². The molecule has 0 saturated heterocycles. The molecule has 0 amide bonds. The number of rotatable bonds is 6. The van der Waals surface area contributed by atoms with Crippen LogP contribution in [0.2, 0.25) is 0 Å². The Balaban J connectivity index is 2.90. The summed E-state index contributed by atoms with van der Waals surface area (Å²) in [7, 11) is 0. The molecule has 0 heterocycles. The van der Waals surface area contributed by atoms with Crippen LogP contribution < -0.4 is 10.2 Å². The first-order chi connectivity index (χ1) is 8.90. The van der Waals surface area contributed by atoms with E-state index in [4.69, 9.17) is 0 Å². The van der Waals surface area contributed by atoms with E-state index in [2.05, 4.69) is 11.4 Å². The van der Waals surface area contributed by atoms with Gasteiger partial charge in [0, 0.05) is 24.8 Å². The van der Waals surface area contributed by atoms with Crippen LogP contribution in [0.25, 0.3) is 0 Å². The number of hydrogen-bond acceptors (Lipinski definition) is 3. The van der Waals surface area contributed by atoms with Crippen molar-refractivity contribution >= 4 is 5.69 Å². The van der Waals surface area contributed by atoms with Crippen LogP contribution in [0, 0.1) is 17.1 Å². The van der Waals surface area contributed by atoms with Crippen molar-refractivity contribution in [2.75, 3.05) is 18.0 Å². The number of benzene rings is 1. The lowest BCUT2D eigenvalue weighted by Crippen LogP contribution is -2.53. The van der Waals surface area contributed by atoms with E-state index in [1.807, 2.05) is 38.7 Å². The van der Waals surface area contributed by atoms with Gasteiger partial charge in [0.2, 0.25) is 0 Å². The van der Waals surface area contributed by atoms with Crippen molar-refractivity contribution in [1.29, 1.82) is 5.26 Å². The minimum atomic E-state index is -0.656. The van der Waals surface area contributed by atoms with E-state index < -0.39 is 5.54 Å². The van der Waals surface area contributed by atoms with Crippen LogP contribution in [0.4, 0.5) is 10.1 Å². The number of nitriles is 1. The van der Waals surface area contributed by atoms with E-state index in [9.17, 15) is 9.65 Å². The summed E-state index contributed by atoms with van der Waals surface area (Å²) in [4.78, 5) is 2.00. The van der Waals surface area contributed by atoms with E-state index in [-0.39, 0.29) is 11.9 Å². The molecule has 0 aliphatic rings. The number of nitrogens with one attached hydrogen (secondary N) is 1. The summed E-state index contributed by atoms with van der Waals surface area (Å²) in [5.74, 6) is -0.258. The highest BCUT2D eigenvalue weighted by Gasteiger charge is 2.27. The Morgan fingerprint density at radius 3 is 2.63 bits per heavy atom. The standard InChI is InChI=1S/C15H22FN3/c1-5-19(14-8-6-7-13(16)9-14)11-15(4,10-17)18-12(2)3/h6-9,12,18H,5,11H2,1-4H3. The summed E-state index contributed by atoms with van der Waals surface area (Å²) in [5, 5.41) is 12.6. The summed E-state index contributed by atoms with van der Waals surface area (Å²) >= 11 is 0. The van der Waals surface area contributed by atoms with Crippen molar-refractivity contribution in [3.8, 4) is 6.07 Å². The Morgan fingerprint density at radius 1 is 1.47 bits per heavy atom. The third-order valence-corrected chi connectivity index (χ3v) is 2.92. The fourth-order valence-electron chi connectivity index (χ4n) is 2.19. The molecule has 1 unspecified atom stereocenters. The van der Waals surface area contributed by atoms with Gasteiger partial charge in [-0.05, 0) is 45.9 Å². The van der Waals surface area contributed by atoms with Crippen LogP contribution in [-0.4, -0.2) is 24.7 Å². The number of nitrogens with zero attached hydrogens (tertiary/aromatic N) is 2. The SMILES string of the molecule is CCN(CC(C)(C#N)NC(C)C)c1cccc(F)c1. The maximum absolute atomic E-state index is 13.3. The van der Waals surface area contributed by atoms with Crippen LogP contribution in [0.1, 0.15) is 27.7 Å². The zero-order chi connectivity index (χ0) is 14.5. The maximum atomic E-state index is 13.3. The van der Waals surface area contributed by atoms with Crippen molar-refractivity contribution in [3.63, 3.8) is 0 Å². The minimum Gasteiger partial charge on any atom is -0.369 e. The molecule has 19 heavy (non-hydrogen) atoms. The monoisotopic (exact) mass is 263 g/mol. The largest absolute Gasteiger partial charge is 0.369 e. The third kappa shape index (κ3) is 4.53. The van der Waals surface area contributed by atoms with E-state index in [1.165, 1.54) is 12.1 Å². The Bertz CT molecular complexity index is 453. The molecular weight excluding hydrogens is 241 g/mol. The van der Waals surface area contributed by atoms with Gasteiger partial charge in [0.15, 0.2) is 0 Å². The molecule has 0 radical (unpaired) electrons. The first-order valence-electron chi connectivity index (χ1n) is 6.59. The van der Waals surface area contributed by atoms with Crippen molar-refractivity contribution in [2.24, 2.45) is 0 Å². The Labute approximate surface area is 115 Å². The average Bonchev–Trinajstić information content (AvgIpc) is 2.35. The van der Waals surface area contributed by atoms with E-state index in [0.29, 0.717) is 6.54 Å². The lowest BCUT2D eigenvalue weighted by molar-refractivity contribution is 0.404. The second kappa shape index (κ2) is 6.53. The smallest absolute Gasteiger partial charge is 0.125 e. The van der Waals surface area contributed by atoms with E-state index >= 15 is 0 Å². The molecule has 1 N–H and O–H groups in total. The molecule has 1 atom stereocenters. The van der Waals surface area contributed by atoms with Crippen LogP contribution in [0.3, 0.4) is 0 Å². The summed E-state index contributed by atoms with van der Waals surface area (Å²) in [6.45, 7) is 9.12. The van der Waals surface area contributed by atoms with Crippen molar-refractivity contribution in [2.45, 2.75) is 39.3 Å². The van der Waals surface area contributed by atoms with E-state index in [1.54, 1.807) is 6.07 Å². The summed E-state index contributed by atoms with van der Waals surface area (Å²) in [6.07, 6.45) is 0. The van der Waals surface area contributed by atoms with Gasteiger partial charge in [0.1, 0.15) is 11.4 Å². The van der Waals surface area contributed by atoms with Gasteiger partial charge in [-0.2, -0.15) is 5.26 Å². The zero-order valence-corrected chi connectivity index (χ0v) is 12.1. The molecule has 0 saturated carbocycles. The summed E-state index contributed by atoms with van der Waals surface area (Å²) < 4.78 is 13.3. The third-order valence-electron chi connectivity index (χ3n) is 2.92. The van der Waals surface area contributed by atoms with Crippen molar-refractivity contribution < 1.29 is 4.39 Å². The zero-order valence-electron chi connectivity index (χ0n) is 12.1. The Morgan fingerprint density at radius 2 is 2.16 bits per heavy atom. The Hall–Kier alpha value is -1.60. The van der Waals surface area contributed by atoms with Gasteiger partial charge in [-0.1, -0.05) is 6.07 Å². The fourth-order valence-corrected chi connectivity index (χ4v) is 2.19. The summed E-state index contributed by atoms with van der Waals surface area (Å²) in [5.41, 5.74) is 0.144. The highest BCUT2D eigenvalue weighted by atomic mass is 19.1. The van der Waals surface area contributed by atoms with E-state index in [0.717, 1.165) is 12.2 Å². The molecule has 0 bridgehead atoms. The molecule has 3 nitrogen and oxygen atoms in total. The quantitative estimate of drug-likeness (QED) is 0.857. The fraction of sp³-hybridized carbons (Fsp3) is 0.533. The minimum absolute atomic E-state index is 0.218. The molecule has 0 aromatic heterocycles. The summed E-state index contributed by atoms with van der Waals surface area (Å²) in [6, 6.07) is 9.00. The lowest BCUT2D eigenvalue weighted by Gasteiger charge is -2.33. The predicted octanol–water partition coefficient (Wildman–Crippen LogP) is 2.93. The molecule has 0 aliphatic heterocycles. The number of likely N-dealkylation sites (N-methyl/N-ethyl adjacent to an activating group) is 1. The Kier molecular flexibility index (Phi) is 5.31. The first kappa shape index (κ1) is 15.5. The topological polar surface area (TPSA) is 39.1 Å². The second-order valence-corrected chi connectivity index (χ2v) is 5.24. The number of halogens is 1. The highest BCUT2D eigenvalue weighted by molar-refractivity contribution is 5.47. The van der Waals surface area contributed by atoms with Gasteiger partial charge >= 0.3 is 0 Å². The van der Waals surface area contributed by atoms with Crippen LogP contribution >= 0.6 is 0 Å². The maximum Gasteiger partial charge on any atom is 0.125 e. The van der Waals surface area contributed by atoms with Crippen LogP contribution in [-0.2, 0) is 0 Å². The number of hydrogen-bond donors (Lipinski definition) is 1. The van der Waals surface area contributed by atoms with Gasteiger partial charge in [-0.3, -0.25) is 5.32 Å². The van der Waals surface area contributed by atoms with Crippen LogP contribution in [0.15, 0.2) is 24.3 Å². The second-order valence-electron chi connectivity index (χ2n) is 5.24. The van der Waals surface area contributed by atoms with Crippen LogP contribution in [0.5, 0.6) is 0 Å². The number of anilines is 1. The molecule has 1 aromatic rings. The average molecular weight is 263 g/mol. The van der Waals surface area contributed by atoms with Gasteiger partial charge in [-0.25, -0.2) is 4.39 Å². The molecule has 1 aromatic carbocycles. The molecule has 0 fully saturated rings. The molecule has 1 rings (SSSR count). The van der Waals surface area contributed by atoms with Gasteiger partial charge in [-0.15, -0.1) is 0 Å². The molecule has 0 spiro atoms. The first-order valence-corrected chi connectivity index (χ1v) is 6.59.